The zero-order valence-electron chi connectivity index (χ0n) is 3.58. The molecule has 1 atom stereocenters. The van der Waals surface area contributed by atoms with E-state index < -0.39 is 10.4 Å². The Morgan fingerprint density at radius 1 is 1.86 bits per heavy atom. The van der Waals surface area contributed by atoms with Crippen molar-refractivity contribution in [3.8, 4) is 0 Å². The van der Waals surface area contributed by atoms with Crippen LogP contribution in [0.15, 0.2) is 4.40 Å². The topological polar surface area (TPSA) is 35.4 Å². The van der Waals surface area contributed by atoms with Crippen molar-refractivity contribution < 1.29 is 4.55 Å². The van der Waals surface area contributed by atoms with Gasteiger partial charge >= 0.3 is 0 Å². The standard InChI is InChI=1S/C2H3NOS3/c1-2-3-7(4)6-5-2/h1H3. The summed E-state index contributed by atoms with van der Waals surface area (Å²) in [7, 11) is 1.78. The molecule has 0 aromatic carbocycles. The van der Waals surface area contributed by atoms with Gasteiger partial charge in [0, 0.05) is 10.8 Å². The Hall–Kier alpha value is 0.680. The minimum Gasteiger partial charge on any atom is -0.579 e. The Balaban J connectivity index is 2.50. The molecular weight excluding hydrogens is 150 g/mol. The fourth-order valence-corrected chi connectivity index (χ4v) is 3.93. The average molecular weight is 153 g/mol. The van der Waals surface area contributed by atoms with Crippen LogP contribution in [0.5, 0.6) is 0 Å². The SMILES string of the molecule is CC1=N[S+]([O-])SS1. The lowest BCUT2D eigenvalue weighted by atomic mass is 10.9. The lowest BCUT2D eigenvalue weighted by Crippen LogP contribution is -1.79. The summed E-state index contributed by atoms with van der Waals surface area (Å²) in [5, 5.41) is 0.906. The third-order valence-corrected chi connectivity index (χ3v) is 4.63. The van der Waals surface area contributed by atoms with Gasteiger partial charge in [0.25, 0.3) is 0 Å². The summed E-state index contributed by atoms with van der Waals surface area (Å²) in [6, 6.07) is 0. The molecule has 2 nitrogen and oxygen atoms in total. The molecule has 1 aliphatic heterocycles. The van der Waals surface area contributed by atoms with Gasteiger partial charge in [-0.2, -0.15) is 0 Å². The Bertz CT molecular complexity index is 103. The molecule has 0 saturated heterocycles. The molecule has 5 heteroatoms. The molecule has 7 heavy (non-hydrogen) atoms. The van der Waals surface area contributed by atoms with E-state index in [1.165, 1.54) is 20.6 Å². The van der Waals surface area contributed by atoms with Crippen molar-refractivity contribution >= 4 is 36.1 Å². The summed E-state index contributed by atoms with van der Waals surface area (Å²) in [5.41, 5.74) is 0. The highest BCUT2D eigenvalue weighted by atomic mass is 33.5. The van der Waals surface area contributed by atoms with Crippen LogP contribution in [-0.2, 0) is 10.4 Å². The van der Waals surface area contributed by atoms with Crippen LogP contribution in [0, 0.1) is 0 Å². The van der Waals surface area contributed by atoms with Gasteiger partial charge in [-0.15, -0.1) is 0 Å². The fraction of sp³-hybridized carbons (Fsp3) is 0.500. The van der Waals surface area contributed by atoms with Crippen molar-refractivity contribution in [2.24, 2.45) is 4.40 Å². The first kappa shape index (κ1) is 5.81. The fourth-order valence-electron chi connectivity index (χ4n) is 0.214. The van der Waals surface area contributed by atoms with E-state index >= 15 is 0 Å². The van der Waals surface area contributed by atoms with Crippen LogP contribution in [0.4, 0.5) is 0 Å². The van der Waals surface area contributed by atoms with Gasteiger partial charge < -0.3 is 4.55 Å². The molecule has 0 aromatic heterocycles. The van der Waals surface area contributed by atoms with Crippen LogP contribution in [-0.4, -0.2) is 9.60 Å². The second kappa shape index (κ2) is 2.30. The van der Waals surface area contributed by atoms with Gasteiger partial charge in [0.15, 0.2) is 20.2 Å². The van der Waals surface area contributed by atoms with Crippen molar-refractivity contribution in [2.75, 3.05) is 0 Å². The molecule has 40 valence electrons. The molecule has 1 aliphatic rings. The molecule has 1 unspecified atom stereocenters. The minimum absolute atomic E-state index is 0.906. The van der Waals surface area contributed by atoms with Gasteiger partial charge in [0.2, 0.25) is 0 Å². The van der Waals surface area contributed by atoms with E-state index in [4.69, 9.17) is 0 Å². The van der Waals surface area contributed by atoms with E-state index in [1.807, 2.05) is 6.92 Å². The first-order chi connectivity index (χ1) is 3.29. The van der Waals surface area contributed by atoms with Gasteiger partial charge in [0.05, 0.1) is 0 Å². The van der Waals surface area contributed by atoms with Crippen molar-refractivity contribution in [3.05, 3.63) is 0 Å². The van der Waals surface area contributed by atoms with Crippen LogP contribution in [0.2, 0.25) is 0 Å². The minimum atomic E-state index is -0.985. The van der Waals surface area contributed by atoms with E-state index in [2.05, 4.69) is 4.40 Å². The second-order valence-electron chi connectivity index (χ2n) is 0.979. The monoisotopic (exact) mass is 153 g/mol. The van der Waals surface area contributed by atoms with Gasteiger partial charge in [-0.25, -0.2) is 0 Å². The average Bonchev–Trinajstić information content (AvgIpc) is 1.87. The lowest BCUT2D eigenvalue weighted by molar-refractivity contribution is 0.611. The first-order valence-electron chi connectivity index (χ1n) is 1.61. The molecule has 0 radical (unpaired) electrons. The zero-order chi connectivity index (χ0) is 5.28. The Labute approximate surface area is 52.3 Å². The normalized spacial score (nSPS) is 30.6. The van der Waals surface area contributed by atoms with Gasteiger partial charge in [-0.3, -0.25) is 0 Å². The molecule has 0 saturated carbocycles. The summed E-state index contributed by atoms with van der Waals surface area (Å²) < 4.78 is 14.0. The van der Waals surface area contributed by atoms with Crippen molar-refractivity contribution in [2.45, 2.75) is 6.92 Å². The maximum absolute atomic E-state index is 10.3. The largest absolute Gasteiger partial charge is 0.579 e. The highest BCUT2D eigenvalue weighted by Crippen LogP contribution is 2.37. The molecule has 0 aromatic rings. The van der Waals surface area contributed by atoms with Crippen molar-refractivity contribution in [1.29, 1.82) is 0 Å². The summed E-state index contributed by atoms with van der Waals surface area (Å²) in [4.78, 5) is 0. The zero-order valence-corrected chi connectivity index (χ0v) is 6.03. The summed E-state index contributed by atoms with van der Waals surface area (Å²) >= 11 is 0. The Morgan fingerprint density at radius 3 is 2.71 bits per heavy atom. The van der Waals surface area contributed by atoms with E-state index in [9.17, 15) is 4.55 Å². The third-order valence-electron chi connectivity index (χ3n) is 0.416. The molecule has 1 heterocycles. The molecular formula is C2H3NOS3. The highest BCUT2D eigenvalue weighted by molar-refractivity contribution is 9.10. The Morgan fingerprint density at radius 2 is 2.57 bits per heavy atom. The third kappa shape index (κ3) is 1.56. The maximum atomic E-state index is 10.3. The van der Waals surface area contributed by atoms with E-state index in [0.29, 0.717) is 0 Å². The highest BCUT2D eigenvalue weighted by Gasteiger charge is 2.18. The summed E-state index contributed by atoms with van der Waals surface area (Å²) in [6.07, 6.45) is 0. The molecule has 0 N–H and O–H groups in total. The van der Waals surface area contributed by atoms with Crippen LogP contribution in [0.1, 0.15) is 6.92 Å². The number of nitrogens with zero attached hydrogens (tertiary/aromatic N) is 1. The van der Waals surface area contributed by atoms with Gasteiger partial charge in [0.1, 0.15) is 5.04 Å². The van der Waals surface area contributed by atoms with E-state index in [-0.39, 0.29) is 0 Å². The van der Waals surface area contributed by atoms with Crippen LogP contribution < -0.4 is 0 Å². The first-order valence-corrected chi connectivity index (χ1v) is 5.38. The molecule has 0 amide bonds. The van der Waals surface area contributed by atoms with Gasteiger partial charge in [-0.05, 0) is 11.3 Å². The van der Waals surface area contributed by atoms with Crippen molar-refractivity contribution in [1.82, 2.24) is 0 Å². The predicted octanol–water partition coefficient (Wildman–Crippen LogP) is 1.38. The number of hydrogen-bond donors (Lipinski definition) is 0. The Kier molecular flexibility index (Phi) is 1.91. The summed E-state index contributed by atoms with van der Waals surface area (Å²) in [6.45, 7) is 1.85. The number of rotatable bonds is 0. The van der Waals surface area contributed by atoms with E-state index in [1.54, 1.807) is 0 Å². The molecule has 0 fully saturated rings. The predicted molar refractivity (Wildman–Crippen MR) is 36.4 cm³/mol. The molecule has 0 aliphatic carbocycles. The second-order valence-corrected chi connectivity index (χ2v) is 5.48. The maximum Gasteiger partial charge on any atom is 0.199 e. The summed E-state index contributed by atoms with van der Waals surface area (Å²) in [5.74, 6) is 0. The lowest BCUT2D eigenvalue weighted by Gasteiger charge is -1.84. The van der Waals surface area contributed by atoms with Crippen LogP contribution in [0.25, 0.3) is 0 Å². The van der Waals surface area contributed by atoms with Crippen LogP contribution in [0.3, 0.4) is 0 Å². The van der Waals surface area contributed by atoms with Crippen LogP contribution >= 0.6 is 20.6 Å². The molecule has 1 rings (SSSR count). The molecule has 0 bridgehead atoms. The van der Waals surface area contributed by atoms with Gasteiger partial charge in [-0.1, -0.05) is 0 Å². The molecule has 0 spiro atoms. The van der Waals surface area contributed by atoms with Crippen molar-refractivity contribution in [3.63, 3.8) is 0 Å². The number of hydrogen-bond acceptors (Lipinski definition) is 4. The smallest absolute Gasteiger partial charge is 0.199 e. The van der Waals surface area contributed by atoms with E-state index in [0.717, 1.165) is 5.04 Å². The quantitative estimate of drug-likeness (QED) is 0.389.